The van der Waals surface area contributed by atoms with E-state index in [0.29, 0.717) is 11.1 Å². The molecule has 1 N–H and O–H groups in total. The minimum absolute atomic E-state index is 0.0121. The van der Waals surface area contributed by atoms with Crippen molar-refractivity contribution in [3.05, 3.63) is 86.6 Å². The zero-order valence-electron chi connectivity index (χ0n) is 16.0. The summed E-state index contributed by atoms with van der Waals surface area (Å²) in [5.74, 6) is -1.36. The van der Waals surface area contributed by atoms with Crippen molar-refractivity contribution in [3.8, 4) is 0 Å². The van der Waals surface area contributed by atoms with Gasteiger partial charge in [-0.2, -0.15) is 0 Å². The Morgan fingerprint density at radius 1 is 1.16 bits per heavy atom. The fourth-order valence-corrected chi connectivity index (χ4v) is 3.53. The first-order chi connectivity index (χ1) is 14.8. The molecule has 158 valence electrons. The van der Waals surface area contributed by atoms with Gasteiger partial charge in [-0.3, -0.25) is 29.4 Å². The van der Waals surface area contributed by atoms with Gasteiger partial charge >= 0.3 is 0 Å². The topological polar surface area (TPSA) is 110 Å². The summed E-state index contributed by atoms with van der Waals surface area (Å²) in [7, 11) is 0. The Bertz CT molecular complexity index is 1100. The number of amides is 3. The summed E-state index contributed by atoms with van der Waals surface area (Å²) in [5.41, 5.74) is 0.989. The summed E-state index contributed by atoms with van der Waals surface area (Å²) in [6.07, 6.45) is 4.14. The molecule has 0 aliphatic carbocycles. The molecular weight excluding hydrogens is 425 g/mol. The molecule has 1 fully saturated rings. The summed E-state index contributed by atoms with van der Waals surface area (Å²) in [5, 5.41) is 12.9. The SMILES string of the molecule is O=C(C=Cc1cccc([N+](=O)[O-])c1)NCCN1C(=O)SC(=Cc2ccc(F)cc2)C1=O. The highest BCUT2D eigenvalue weighted by Crippen LogP contribution is 2.31. The molecule has 0 bridgehead atoms. The molecule has 1 saturated heterocycles. The zero-order valence-corrected chi connectivity index (χ0v) is 16.8. The second-order valence-corrected chi connectivity index (χ2v) is 7.35. The molecule has 0 unspecified atom stereocenters. The first kappa shape index (κ1) is 21.9. The number of carbonyl (C=O) groups excluding carboxylic acids is 3. The number of hydrogen-bond acceptors (Lipinski definition) is 6. The van der Waals surface area contributed by atoms with Crippen molar-refractivity contribution < 1.29 is 23.7 Å². The average Bonchev–Trinajstić information content (AvgIpc) is 3.01. The molecule has 1 heterocycles. The highest BCUT2D eigenvalue weighted by atomic mass is 32.2. The van der Waals surface area contributed by atoms with E-state index in [-0.39, 0.29) is 23.7 Å². The van der Waals surface area contributed by atoms with Gasteiger partial charge in [0, 0.05) is 31.3 Å². The quantitative estimate of drug-likeness (QED) is 0.399. The van der Waals surface area contributed by atoms with E-state index in [2.05, 4.69) is 5.32 Å². The molecule has 1 aliphatic heterocycles. The predicted molar refractivity (Wildman–Crippen MR) is 114 cm³/mol. The molecule has 3 rings (SSSR count). The number of benzene rings is 2. The van der Waals surface area contributed by atoms with E-state index in [9.17, 15) is 28.9 Å². The van der Waals surface area contributed by atoms with Crippen molar-refractivity contribution in [2.24, 2.45) is 0 Å². The first-order valence-electron chi connectivity index (χ1n) is 9.05. The maximum atomic E-state index is 13.0. The van der Waals surface area contributed by atoms with Gasteiger partial charge in [0.1, 0.15) is 5.82 Å². The number of halogens is 1. The molecule has 2 aromatic carbocycles. The van der Waals surface area contributed by atoms with Crippen LogP contribution in [0.5, 0.6) is 0 Å². The number of nitrogens with one attached hydrogen (secondary N) is 1. The third kappa shape index (κ3) is 5.86. The summed E-state index contributed by atoms with van der Waals surface area (Å²) in [4.78, 5) is 47.9. The highest BCUT2D eigenvalue weighted by molar-refractivity contribution is 8.18. The number of nitrogens with zero attached hydrogens (tertiary/aromatic N) is 2. The molecule has 0 atom stereocenters. The lowest BCUT2D eigenvalue weighted by Gasteiger charge is -2.12. The average molecular weight is 441 g/mol. The summed E-state index contributed by atoms with van der Waals surface area (Å²) < 4.78 is 13.0. The maximum absolute atomic E-state index is 13.0. The number of rotatable bonds is 7. The maximum Gasteiger partial charge on any atom is 0.293 e. The van der Waals surface area contributed by atoms with Crippen LogP contribution in [0.25, 0.3) is 12.2 Å². The second-order valence-electron chi connectivity index (χ2n) is 6.36. The molecule has 0 aromatic heterocycles. The predicted octanol–water partition coefficient (Wildman–Crippen LogP) is 3.60. The molecule has 0 saturated carbocycles. The van der Waals surface area contributed by atoms with Gasteiger partial charge in [0.2, 0.25) is 5.91 Å². The van der Waals surface area contributed by atoms with E-state index in [1.54, 1.807) is 6.07 Å². The monoisotopic (exact) mass is 441 g/mol. The van der Waals surface area contributed by atoms with E-state index in [4.69, 9.17) is 0 Å². The molecule has 2 aromatic rings. The number of carbonyl (C=O) groups is 3. The van der Waals surface area contributed by atoms with E-state index < -0.39 is 27.8 Å². The molecule has 1 aliphatic rings. The summed E-state index contributed by atoms with van der Waals surface area (Å²) in [6.45, 7) is 0.0296. The van der Waals surface area contributed by atoms with Crippen molar-refractivity contribution in [1.82, 2.24) is 10.2 Å². The molecule has 0 radical (unpaired) electrons. The number of non-ortho nitro benzene ring substituents is 1. The van der Waals surface area contributed by atoms with E-state index in [1.807, 2.05) is 0 Å². The smallest absolute Gasteiger partial charge is 0.293 e. The Balaban J connectivity index is 1.53. The lowest BCUT2D eigenvalue weighted by atomic mass is 10.2. The number of thioether (sulfide) groups is 1. The van der Waals surface area contributed by atoms with Crippen LogP contribution in [0.1, 0.15) is 11.1 Å². The Morgan fingerprint density at radius 3 is 2.61 bits per heavy atom. The van der Waals surface area contributed by atoms with Crippen LogP contribution in [0.2, 0.25) is 0 Å². The van der Waals surface area contributed by atoms with E-state index in [1.165, 1.54) is 60.7 Å². The number of imide groups is 1. The summed E-state index contributed by atoms with van der Waals surface area (Å²) >= 11 is 0.774. The minimum atomic E-state index is -0.529. The van der Waals surface area contributed by atoms with Gasteiger partial charge < -0.3 is 5.32 Å². The highest BCUT2D eigenvalue weighted by Gasteiger charge is 2.34. The first-order valence-corrected chi connectivity index (χ1v) is 9.86. The van der Waals surface area contributed by atoms with Gasteiger partial charge in [-0.1, -0.05) is 24.3 Å². The van der Waals surface area contributed by atoms with Crippen LogP contribution in [-0.2, 0) is 9.59 Å². The Labute approximate surface area is 180 Å². The lowest BCUT2D eigenvalue weighted by Crippen LogP contribution is -2.36. The zero-order chi connectivity index (χ0) is 22.4. The number of hydrogen-bond donors (Lipinski definition) is 1. The number of nitro benzene ring substituents is 1. The Kier molecular flexibility index (Phi) is 6.93. The van der Waals surface area contributed by atoms with Crippen LogP contribution < -0.4 is 5.32 Å². The van der Waals surface area contributed by atoms with Gasteiger partial charge in [0.05, 0.1) is 9.83 Å². The molecule has 31 heavy (non-hydrogen) atoms. The molecule has 10 heteroatoms. The van der Waals surface area contributed by atoms with Crippen LogP contribution in [0.4, 0.5) is 14.9 Å². The second kappa shape index (κ2) is 9.81. The van der Waals surface area contributed by atoms with Crippen molar-refractivity contribution in [2.75, 3.05) is 13.1 Å². The fraction of sp³-hybridized carbons (Fsp3) is 0.0952. The third-order valence-electron chi connectivity index (χ3n) is 4.18. The van der Waals surface area contributed by atoms with Crippen LogP contribution in [0.3, 0.4) is 0 Å². The minimum Gasteiger partial charge on any atom is -0.351 e. The molecular formula is C21H16FN3O5S. The van der Waals surface area contributed by atoms with Crippen LogP contribution >= 0.6 is 11.8 Å². The summed E-state index contributed by atoms with van der Waals surface area (Å²) in [6, 6.07) is 11.3. The van der Waals surface area contributed by atoms with Crippen LogP contribution in [-0.4, -0.2) is 40.0 Å². The van der Waals surface area contributed by atoms with Crippen LogP contribution in [0.15, 0.2) is 59.5 Å². The Morgan fingerprint density at radius 2 is 1.90 bits per heavy atom. The van der Waals surface area contributed by atoms with Crippen molar-refractivity contribution >= 4 is 46.7 Å². The molecule has 8 nitrogen and oxygen atoms in total. The standard InChI is InChI=1S/C21H16FN3O5S/c22-16-7-4-15(5-8-16)13-18-20(27)24(21(28)31-18)11-10-23-19(26)9-6-14-2-1-3-17(12-14)25(29)30/h1-9,12-13H,10-11H2,(H,23,26). The molecule has 0 spiro atoms. The van der Waals surface area contributed by atoms with Gasteiger partial charge in [0.15, 0.2) is 0 Å². The number of nitro groups is 1. The normalized spacial score (nSPS) is 15.1. The molecule has 3 amide bonds. The van der Waals surface area contributed by atoms with E-state index in [0.717, 1.165) is 16.7 Å². The van der Waals surface area contributed by atoms with Gasteiger partial charge in [0.25, 0.3) is 16.8 Å². The van der Waals surface area contributed by atoms with Gasteiger partial charge in [-0.05, 0) is 47.2 Å². The largest absolute Gasteiger partial charge is 0.351 e. The van der Waals surface area contributed by atoms with Gasteiger partial charge in [-0.25, -0.2) is 4.39 Å². The van der Waals surface area contributed by atoms with Crippen LogP contribution in [0, 0.1) is 15.9 Å². The third-order valence-corrected chi connectivity index (χ3v) is 5.09. The van der Waals surface area contributed by atoms with Crippen molar-refractivity contribution in [3.63, 3.8) is 0 Å². The van der Waals surface area contributed by atoms with Crippen molar-refractivity contribution in [1.29, 1.82) is 0 Å². The van der Waals surface area contributed by atoms with Gasteiger partial charge in [-0.15, -0.1) is 0 Å². The van der Waals surface area contributed by atoms with Crippen molar-refractivity contribution in [2.45, 2.75) is 0 Å². The Hall–Kier alpha value is -3.79. The lowest BCUT2D eigenvalue weighted by molar-refractivity contribution is -0.384. The van der Waals surface area contributed by atoms with E-state index >= 15 is 0 Å². The fourth-order valence-electron chi connectivity index (χ4n) is 2.67.